The number of carbonyl (C=O) groups is 2. The van der Waals surface area contributed by atoms with E-state index in [0.29, 0.717) is 26.1 Å². The van der Waals surface area contributed by atoms with Gasteiger partial charge < -0.3 is 14.8 Å². The van der Waals surface area contributed by atoms with E-state index in [1.807, 2.05) is 27.8 Å². The third kappa shape index (κ3) is 3.61. The van der Waals surface area contributed by atoms with Gasteiger partial charge in [-0.3, -0.25) is 14.4 Å². The summed E-state index contributed by atoms with van der Waals surface area (Å²) in [7, 11) is 0. The van der Waals surface area contributed by atoms with E-state index in [-0.39, 0.29) is 35.3 Å². The lowest BCUT2D eigenvalue weighted by atomic mass is 9.78. The predicted octanol–water partition coefficient (Wildman–Crippen LogP) is 1.48. The van der Waals surface area contributed by atoms with Crippen molar-refractivity contribution in [2.75, 3.05) is 19.6 Å². The van der Waals surface area contributed by atoms with Crippen LogP contribution in [0.4, 0.5) is 0 Å². The predicted molar refractivity (Wildman–Crippen MR) is 106 cm³/mol. The van der Waals surface area contributed by atoms with E-state index in [0.717, 1.165) is 22.8 Å². The first-order valence-corrected chi connectivity index (χ1v) is 10.4. The first kappa shape index (κ1) is 18.9. The van der Waals surface area contributed by atoms with Crippen molar-refractivity contribution in [3.63, 3.8) is 0 Å². The zero-order valence-corrected chi connectivity index (χ0v) is 16.9. The molecule has 0 spiro atoms. The van der Waals surface area contributed by atoms with Crippen LogP contribution in [0.1, 0.15) is 41.7 Å². The molecular weight excluding hydrogens is 376 g/mol. The summed E-state index contributed by atoms with van der Waals surface area (Å²) < 4.78 is 1.83. The van der Waals surface area contributed by atoms with E-state index < -0.39 is 0 Å². The minimum absolute atomic E-state index is 0.0414. The minimum atomic E-state index is -0.138. The molecule has 0 aliphatic carbocycles. The van der Waals surface area contributed by atoms with Gasteiger partial charge in [0.05, 0.1) is 23.2 Å². The summed E-state index contributed by atoms with van der Waals surface area (Å²) in [6.45, 7) is 5.03. The molecule has 1 N–H and O–H groups in total. The standard InChI is InChI=1S/C20H24N4O3S/c1-12(25)21-8-18-15-6-14(17-4-3-5-19(26)24(17)18)9-23(10-15)20(27)7-16-11-28-13(2)22-16/h3-5,11,14-15,18H,6-10H2,1-2H3,(H,21,25)/t14-,15+,18+/m1/s1. The highest BCUT2D eigenvalue weighted by molar-refractivity contribution is 7.09. The van der Waals surface area contributed by atoms with Gasteiger partial charge in [-0.25, -0.2) is 4.98 Å². The number of carbonyl (C=O) groups excluding carboxylic acids is 2. The topological polar surface area (TPSA) is 84.3 Å². The van der Waals surface area contributed by atoms with Crippen LogP contribution in [0, 0.1) is 12.8 Å². The van der Waals surface area contributed by atoms with Crippen LogP contribution >= 0.6 is 11.3 Å². The van der Waals surface area contributed by atoms with E-state index >= 15 is 0 Å². The molecule has 0 unspecified atom stereocenters. The first-order chi connectivity index (χ1) is 13.4. The second-order valence-electron chi connectivity index (χ2n) is 7.69. The van der Waals surface area contributed by atoms with Gasteiger partial charge in [0.1, 0.15) is 0 Å². The van der Waals surface area contributed by atoms with Gasteiger partial charge in [0, 0.05) is 49.6 Å². The highest BCUT2D eigenvalue weighted by atomic mass is 32.1. The average Bonchev–Trinajstić information content (AvgIpc) is 3.06. The molecule has 2 aliphatic rings. The molecule has 0 saturated carbocycles. The Morgan fingerprint density at radius 1 is 1.32 bits per heavy atom. The summed E-state index contributed by atoms with van der Waals surface area (Å²) in [6.07, 6.45) is 1.23. The van der Waals surface area contributed by atoms with Crippen LogP contribution in [0.2, 0.25) is 0 Å². The molecule has 8 heteroatoms. The molecule has 0 radical (unpaired) electrons. The quantitative estimate of drug-likeness (QED) is 0.843. The van der Waals surface area contributed by atoms with Gasteiger partial charge >= 0.3 is 0 Å². The lowest BCUT2D eigenvalue weighted by Gasteiger charge is -2.47. The number of hydrogen-bond acceptors (Lipinski definition) is 5. The van der Waals surface area contributed by atoms with Gasteiger partial charge in [-0.1, -0.05) is 6.07 Å². The molecule has 3 atom stereocenters. The number of rotatable bonds is 4. The number of fused-ring (bicyclic) bond motifs is 4. The number of thiazole rings is 1. The molecule has 0 aromatic carbocycles. The van der Waals surface area contributed by atoms with E-state index in [2.05, 4.69) is 10.3 Å². The Hall–Kier alpha value is -2.48. The van der Waals surface area contributed by atoms with Gasteiger partial charge in [-0.15, -0.1) is 11.3 Å². The largest absolute Gasteiger partial charge is 0.354 e. The van der Waals surface area contributed by atoms with Crippen LogP contribution < -0.4 is 10.9 Å². The molecule has 2 bridgehead atoms. The number of nitrogens with one attached hydrogen (secondary N) is 1. The maximum Gasteiger partial charge on any atom is 0.251 e. The van der Waals surface area contributed by atoms with Gasteiger partial charge in [0.25, 0.3) is 5.56 Å². The summed E-state index contributed by atoms with van der Waals surface area (Å²) >= 11 is 1.55. The third-order valence-corrected chi connectivity index (χ3v) is 6.53. The first-order valence-electron chi connectivity index (χ1n) is 9.57. The molecule has 148 valence electrons. The van der Waals surface area contributed by atoms with Crippen molar-refractivity contribution >= 4 is 23.2 Å². The molecule has 7 nitrogen and oxygen atoms in total. The maximum absolute atomic E-state index is 12.9. The summed E-state index contributed by atoms with van der Waals surface area (Å²) in [5.41, 5.74) is 1.73. The summed E-state index contributed by atoms with van der Waals surface area (Å²) in [5, 5.41) is 5.76. The monoisotopic (exact) mass is 400 g/mol. The fourth-order valence-electron chi connectivity index (χ4n) is 4.51. The van der Waals surface area contributed by atoms with Crippen molar-refractivity contribution < 1.29 is 9.59 Å². The summed E-state index contributed by atoms with van der Waals surface area (Å²) in [5.74, 6) is 0.238. The van der Waals surface area contributed by atoms with Crippen molar-refractivity contribution in [3.05, 3.63) is 50.3 Å². The molecule has 1 fully saturated rings. The van der Waals surface area contributed by atoms with E-state index in [4.69, 9.17) is 0 Å². The van der Waals surface area contributed by atoms with Crippen molar-refractivity contribution in [2.24, 2.45) is 5.92 Å². The van der Waals surface area contributed by atoms with Crippen LogP contribution in [0.25, 0.3) is 0 Å². The van der Waals surface area contributed by atoms with Gasteiger partial charge in [-0.2, -0.15) is 0 Å². The Morgan fingerprint density at radius 2 is 2.14 bits per heavy atom. The zero-order valence-electron chi connectivity index (χ0n) is 16.1. The van der Waals surface area contributed by atoms with Crippen molar-refractivity contribution in [2.45, 2.75) is 38.6 Å². The zero-order chi connectivity index (χ0) is 19.8. The number of hydrogen-bond donors (Lipinski definition) is 1. The van der Waals surface area contributed by atoms with Gasteiger partial charge in [0.2, 0.25) is 11.8 Å². The van der Waals surface area contributed by atoms with E-state index in [1.165, 1.54) is 6.92 Å². The number of aryl methyl sites for hydroxylation is 1. The van der Waals surface area contributed by atoms with E-state index in [1.54, 1.807) is 23.5 Å². The van der Waals surface area contributed by atoms with Crippen LogP contribution in [0.15, 0.2) is 28.4 Å². The smallest absolute Gasteiger partial charge is 0.251 e. The normalized spacial score (nSPS) is 23.2. The van der Waals surface area contributed by atoms with Crippen LogP contribution in [0.3, 0.4) is 0 Å². The fourth-order valence-corrected chi connectivity index (χ4v) is 5.13. The molecule has 1 saturated heterocycles. The second-order valence-corrected chi connectivity index (χ2v) is 8.75. The summed E-state index contributed by atoms with van der Waals surface area (Å²) in [4.78, 5) is 43.3. The Balaban J connectivity index is 1.60. The number of likely N-dealkylation sites (tertiary alicyclic amines) is 1. The lowest BCUT2D eigenvalue weighted by Crippen LogP contribution is -2.53. The Labute approximate surface area is 167 Å². The van der Waals surface area contributed by atoms with Gasteiger partial charge in [-0.05, 0) is 25.3 Å². The highest BCUT2D eigenvalue weighted by Crippen LogP contribution is 2.40. The van der Waals surface area contributed by atoms with E-state index in [9.17, 15) is 14.4 Å². The van der Waals surface area contributed by atoms with Crippen LogP contribution in [0.5, 0.6) is 0 Å². The van der Waals surface area contributed by atoms with Gasteiger partial charge in [0.15, 0.2) is 0 Å². The Bertz CT molecular complexity index is 966. The molecule has 2 aliphatic heterocycles. The fraction of sp³-hybridized carbons (Fsp3) is 0.500. The number of piperidine rings is 1. The summed E-state index contributed by atoms with van der Waals surface area (Å²) in [6, 6.07) is 5.18. The molecular formula is C20H24N4O3S. The molecule has 28 heavy (non-hydrogen) atoms. The third-order valence-electron chi connectivity index (χ3n) is 5.71. The second kappa shape index (κ2) is 7.50. The Kier molecular flexibility index (Phi) is 5.05. The van der Waals surface area contributed by atoms with Crippen LogP contribution in [-0.2, 0) is 16.0 Å². The highest BCUT2D eigenvalue weighted by Gasteiger charge is 2.41. The molecule has 2 aromatic rings. The number of nitrogens with zero attached hydrogens (tertiary/aromatic N) is 3. The number of aromatic nitrogens is 2. The lowest BCUT2D eigenvalue weighted by molar-refractivity contribution is -0.133. The van der Waals surface area contributed by atoms with Crippen molar-refractivity contribution in [1.82, 2.24) is 19.8 Å². The molecule has 2 amide bonds. The molecule has 4 heterocycles. The molecule has 4 rings (SSSR count). The maximum atomic E-state index is 12.9. The van der Waals surface area contributed by atoms with Crippen molar-refractivity contribution in [1.29, 1.82) is 0 Å². The van der Waals surface area contributed by atoms with Crippen molar-refractivity contribution in [3.8, 4) is 0 Å². The average molecular weight is 401 g/mol. The Morgan fingerprint density at radius 3 is 2.86 bits per heavy atom. The van der Waals surface area contributed by atoms with Crippen LogP contribution in [-0.4, -0.2) is 45.9 Å². The number of pyridine rings is 1. The number of amides is 2. The SMILES string of the molecule is CC(=O)NC[C@H]1[C@H]2C[C@H](CN(C(=O)Cc3csc(C)n3)C2)c2cccc(=O)n21. The minimum Gasteiger partial charge on any atom is -0.354 e. The molecule has 2 aromatic heterocycles.